The maximum Gasteiger partial charge on any atom is 0.237 e. The van der Waals surface area contributed by atoms with Gasteiger partial charge in [0, 0.05) is 11.7 Å². The molecule has 2 heterocycles. The van der Waals surface area contributed by atoms with E-state index in [0.29, 0.717) is 15.8 Å². The number of hydrogen-bond acceptors (Lipinski definition) is 4. The van der Waals surface area contributed by atoms with Crippen molar-refractivity contribution in [3.8, 4) is 0 Å². The maximum atomic E-state index is 11.5. The van der Waals surface area contributed by atoms with E-state index in [1.807, 2.05) is 0 Å². The molecule has 18 heavy (non-hydrogen) atoms. The highest BCUT2D eigenvalue weighted by atomic mass is 35.5. The van der Waals surface area contributed by atoms with Crippen LogP contribution in [0.3, 0.4) is 0 Å². The van der Waals surface area contributed by atoms with E-state index in [1.165, 1.54) is 19.3 Å². The van der Waals surface area contributed by atoms with E-state index in [-0.39, 0.29) is 5.41 Å². The minimum atomic E-state index is -1.20. The first-order valence-corrected chi connectivity index (χ1v) is 7.78. The summed E-state index contributed by atoms with van der Waals surface area (Å²) in [4.78, 5) is 8.51. The Bertz CT molecular complexity index is 681. The van der Waals surface area contributed by atoms with E-state index in [0.717, 1.165) is 11.7 Å². The summed E-state index contributed by atoms with van der Waals surface area (Å²) in [6.07, 6.45) is 6.71. The number of fused-ring (bicyclic) bond motifs is 1. The molecule has 3 fully saturated rings. The number of halogens is 1. The average molecular weight is 283 g/mol. The van der Waals surface area contributed by atoms with Gasteiger partial charge in [-0.05, 0) is 25.2 Å². The molecule has 5 nitrogen and oxygen atoms in total. The highest BCUT2D eigenvalue weighted by molar-refractivity contribution is 7.84. The molecule has 2 bridgehead atoms. The second-order valence-electron chi connectivity index (χ2n) is 5.28. The third-order valence-electron chi connectivity index (χ3n) is 4.10. The Hall–Kier alpha value is -1.01. The van der Waals surface area contributed by atoms with Crippen LogP contribution in [-0.2, 0) is 16.2 Å². The first kappa shape index (κ1) is 10.9. The van der Waals surface area contributed by atoms with Crippen molar-refractivity contribution < 1.29 is 4.21 Å². The van der Waals surface area contributed by atoms with Crippen LogP contribution in [-0.4, -0.2) is 30.0 Å². The summed E-state index contributed by atoms with van der Waals surface area (Å²) in [5, 5.41) is 5.08. The van der Waals surface area contributed by atoms with Crippen LogP contribution in [0.2, 0.25) is 5.15 Å². The standard InChI is InChI=1S/C11H11ClN4OS/c1-18(17)10-13-5-7-8(12)14-9(16(7)15-10)11-2-6(3-11)4-11/h5-6H,2-4H2,1H3. The average Bonchev–Trinajstić information content (AvgIpc) is 2.52. The lowest BCUT2D eigenvalue weighted by Crippen LogP contribution is -2.56. The molecule has 94 valence electrons. The molecule has 0 N–H and O–H groups in total. The van der Waals surface area contributed by atoms with Gasteiger partial charge in [-0.15, -0.1) is 5.10 Å². The zero-order valence-electron chi connectivity index (χ0n) is 9.76. The van der Waals surface area contributed by atoms with Crippen LogP contribution in [0.4, 0.5) is 0 Å². The minimum absolute atomic E-state index is 0.168. The smallest absolute Gasteiger partial charge is 0.237 e. The van der Waals surface area contributed by atoms with Crippen LogP contribution in [0.5, 0.6) is 0 Å². The zero-order valence-corrected chi connectivity index (χ0v) is 11.3. The Labute approximate surface area is 111 Å². The summed E-state index contributed by atoms with van der Waals surface area (Å²) >= 11 is 6.13. The van der Waals surface area contributed by atoms with Crippen LogP contribution in [0.25, 0.3) is 5.52 Å². The summed E-state index contributed by atoms with van der Waals surface area (Å²) < 4.78 is 13.2. The van der Waals surface area contributed by atoms with E-state index in [4.69, 9.17) is 11.6 Å². The van der Waals surface area contributed by atoms with E-state index in [1.54, 1.807) is 17.0 Å². The van der Waals surface area contributed by atoms with E-state index >= 15 is 0 Å². The Kier molecular flexibility index (Phi) is 1.99. The van der Waals surface area contributed by atoms with E-state index in [9.17, 15) is 4.21 Å². The topological polar surface area (TPSA) is 60.2 Å². The molecule has 0 amide bonds. The van der Waals surface area contributed by atoms with Gasteiger partial charge in [0.05, 0.1) is 17.0 Å². The molecular formula is C11H11ClN4OS. The summed E-state index contributed by atoms with van der Waals surface area (Å²) in [6, 6.07) is 0. The summed E-state index contributed by atoms with van der Waals surface area (Å²) in [6.45, 7) is 0. The molecule has 2 aromatic heterocycles. The third-order valence-corrected chi connectivity index (χ3v) is 5.08. The lowest BCUT2D eigenvalue weighted by Gasteiger charge is -2.60. The van der Waals surface area contributed by atoms with Crippen LogP contribution in [0, 0.1) is 5.92 Å². The van der Waals surface area contributed by atoms with Crippen molar-refractivity contribution in [3.05, 3.63) is 17.2 Å². The molecule has 3 aliphatic carbocycles. The molecule has 3 saturated carbocycles. The maximum absolute atomic E-state index is 11.5. The molecule has 1 atom stereocenters. The van der Waals surface area contributed by atoms with Crippen molar-refractivity contribution in [1.29, 1.82) is 0 Å². The van der Waals surface area contributed by atoms with Gasteiger partial charge >= 0.3 is 0 Å². The van der Waals surface area contributed by atoms with E-state index < -0.39 is 10.8 Å². The van der Waals surface area contributed by atoms with Crippen molar-refractivity contribution in [2.24, 2.45) is 5.92 Å². The molecular weight excluding hydrogens is 272 g/mol. The molecule has 0 aromatic carbocycles. The van der Waals surface area contributed by atoms with Crippen molar-refractivity contribution in [3.63, 3.8) is 0 Å². The SMILES string of the molecule is CS(=O)c1ncc2c(Cl)nc(C34CC(C3)C4)n2n1. The lowest BCUT2D eigenvalue weighted by molar-refractivity contribution is -0.0358. The number of aromatic nitrogens is 4. The van der Waals surface area contributed by atoms with Crippen LogP contribution in [0.15, 0.2) is 11.4 Å². The van der Waals surface area contributed by atoms with Gasteiger partial charge in [-0.2, -0.15) is 0 Å². The normalized spacial score (nSPS) is 30.9. The quantitative estimate of drug-likeness (QED) is 0.839. The fourth-order valence-corrected chi connectivity index (χ4v) is 3.67. The van der Waals surface area contributed by atoms with Crippen molar-refractivity contribution in [2.75, 3.05) is 6.26 Å². The monoisotopic (exact) mass is 282 g/mol. The molecule has 1 unspecified atom stereocenters. The van der Waals surface area contributed by atoms with Crippen molar-refractivity contribution in [1.82, 2.24) is 19.6 Å². The summed E-state index contributed by atoms with van der Waals surface area (Å²) in [5.74, 6) is 1.77. The van der Waals surface area contributed by atoms with Crippen molar-refractivity contribution in [2.45, 2.75) is 29.8 Å². The van der Waals surface area contributed by atoms with Gasteiger partial charge in [-0.25, -0.2) is 14.5 Å². The molecule has 2 aromatic rings. The van der Waals surface area contributed by atoms with Gasteiger partial charge in [0.15, 0.2) is 5.15 Å². The molecule has 3 aliphatic rings. The zero-order chi connectivity index (χ0) is 12.5. The first-order valence-electron chi connectivity index (χ1n) is 5.84. The third kappa shape index (κ3) is 1.22. The lowest BCUT2D eigenvalue weighted by atomic mass is 9.44. The fourth-order valence-electron chi connectivity index (χ4n) is 3.06. The molecule has 0 spiro atoms. The predicted molar refractivity (Wildman–Crippen MR) is 67.1 cm³/mol. The van der Waals surface area contributed by atoms with Crippen LogP contribution < -0.4 is 0 Å². The Morgan fingerprint density at radius 1 is 1.50 bits per heavy atom. The molecule has 0 radical (unpaired) electrons. The Morgan fingerprint density at radius 3 is 2.78 bits per heavy atom. The molecule has 5 rings (SSSR count). The summed E-state index contributed by atoms with van der Waals surface area (Å²) in [7, 11) is -1.20. The number of imidazole rings is 1. The Morgan fingerprint density at radius 2 is 2.22 bits per heavy atom. The second kappa shape index (κ2) is 3.30. The van der Waals surface area contributed by atoms with Gasteiger partial charge in [0.2, 0.25) is 5.16 Å². The van der Waals surface area contributed by atoms with Crippen LogP contribution >= 0.6 is 11.6 Å². The second-order valence-corrected chi connectivity index (χ2v) is 6.91. The van der Waals surface area contributed by atoms with Crippen molar-refractivity contribution >= 4 is 27.9 Å². The van der Waals surface area contributed by atoms with Crippen LogP contribution in [0.1, 0.15) is 25.1 Å². The molecule has 0 aliphatic heterocycles. The fraction of sp³-hybridized carbons (Fsp3) is 0.545. The first-order chi connectivity index (χ1) is 8.59. The number of rotatable bonds is 2. The Balaban J connectivity index is 1.96. The van der Waals surface area contributed by atoms with Gasteiger partial charge in [0.25, 0.3) is 0 Å². The summed E-state index contributed by atoms with van der Waals surface area (Å²) in [5.41, 5.74) is 0.868. The van der Waals surface area contributed by atoms with Gasteiger partial charge < -0.3 is 0 Å². The number of hydrogen-bond donors (Lipinski definition) is 0. The number of nitrogens with zero attached hydrogens (tertiary/aromatic N) is 4. The van der Waals surface area contributed by atoms with Gasteiger partial charge in [0.1, 0.15) is 11.3 Å². The largest absolute Gasteiger partial charge is 0.251 e. The molecule has 0 saturated heterocycles. The highest BCUT2D eigenvalue weighted by Crippen LogP contribution is 2.64. The molecule has 7 heteroatoms. The van der Waals surface area contributed by atoms with E-state index in [2.05, 4.69) is 15.1 Å². The minimum Gasteiger partial charge on any atom is -0.251 e. The van der Waals surface area contributed by atoms with Gasteiger partial charge in [-0.1, -0.05) is 11.6 Å². The van der Waals surface area contributed by atoms with Gasteiger partial charge in [-0.3, -0.25) is 4.21 Å². The highest BCUT2D eigenvalue weighted by Gasteiger charge is 2.60. The predicted octanol–water partition coefficient (Wildman–Crippen LogP) is 1.57.